The Morgan fingerprint density at radius 3 is 2.61 bits per heavy atom. The summed E-state index contributed by atoms with van der Waals surface area (Å²) in [5, 5.41) is 7.30. The van der Waals surface area contributed by atoms with Crippen LogP contribution in [0, 0.1) is 6.92 Å². The van der Waals surface area contributed by atoms with Crippen molar-refractivity contribution < 1.29 is 13.7 Å². The third-order valence-electron chi connectivity index (χ3n) is 3.23. The Morgan fingerprint density at radius 1 is 1.22 bits per heavy atom. The molecule has 0 unspecified atom stereocenters. The molecular formula is C16H14ClN3O3. The maximum absolute atomic E-state index is 12.0. The first-order valence-corrected chi connectivity index (χ1v) is 7.37. The molecule has 0 bridgehead atoms. The van der Waals surface area contributed by atoms with Crippen LogP contribution in [0.4, 0.5) is 0 Å². The number of aryl methyl sites for hydroxylation is 1. The lowest BCUT2D eigenvalue weighted by Gasteiger charge is -2.07. The van der Waals surface area contributed by atoms with Crippen molar-refractivity contribution >= 4 is 17.5 Å². The van der Waals surface area contributed by atoms with Crippen molar-refractivity contribution in [3.05, 3.63) is 58.8 Å². The summed E-state index contributed by atoms with van der Waals surface area (Å²) in [6.07, 6.45) is 0. The zero-order valence-electron chi connectivity index (χ0n) is 12.5. The molecule has 1 aromatic carbocycles. The minimum atomic E-state index is -0.443. The van der Waals surface area contributed by atoms with E-state index in [2.05, 4.69) is 15.5 Å². The molecule has 0 radical (unpaired) electrons. The lowest BCUT2D eigenvalue weighted by molar-refractivity contribution is 0.0903. The predicted octanol–water partition coefficient (Wildman–Crippen LogP) is 3.78. The largest absolute Gasteiger partial charge is 0.456 e. The quantitative estimate of drug-likeness (QED) is 0.786. The molecule has 6 nitrogen and oxygen atoms in total. The van der Waals surface area contributed by atoms with Crippen LogP contribution in [0.25, 0.3) is 11.4 Å². The maximum Gasteiger partial charge on any atom is 0.287 e. The predicted molar refractivity (Wildman–Crippen MR) is 84.1 cm³/mol. The van der Waals surface area contributed by atoms with Crippen LogP contribution in [0.15, 0.2) is 45.3 Å². The zero-order chi connectivity index (χ0) is 16.4. The molecule has 0 aliphatic heterocycles. The summed E-state index contributed by atoms with van der Waals surface area (Å²) in [4.78, 5) is 16.3. The summed E-state index contributed by atoms with van der Waals surface area (Å²) < 4.78 is 10.5. The number of aromatic nitrogens is 2. The van der Waals surface area contributed by atoms with Gasteiger partial charge in [0.1, 0.15) is 11.8 Å². The SMILES string of the molecule is Cc1ccc(C(=O)N[C@@H](C)c2nc(-c3ccc(Cl)cc3)no2)o1. The van der Waals surface area contributed by atoms with Gasteiger partial charge in [0.25, 0.3) is 5.91 Å². The normalized spacial score (nSPS) is 12.1. The number of nitrogens with zero attached hydrogens (tertiary/aromatic N) is 2. The molecule has 1 amide bonds. The molecule has 0 saturated heterocycles. The van der Waals surface area contributed by atoms with Crippen LogP contribution in [-0.4, -0.2) is 16.0 Å². The number of benzene rings is 1. The molecule has 0 fully saturated rings. The first kappa shape index (κ1) is 15.3. The van der Waals surface area contributed by atoms with Gasteiger partial charge in [0, 0.05) is 10.6 Å². The van der Waals surface area contributed by atoms with Gasteiger partial charge in [0.05, 0.1) is 0 Å². The van der Waals surface area contributed by atoms with Crippen LogP contribution in [0.5, 0.6) is 0 Å². The molecule has 1 atom stereocenters. The number of hydrogen-bond donors (Lipinski definition) is 1. The molecule has 2 heterocycles. The Hall–Kier alpha value is -2.60. The van der Waals surface area contributed by atoms with Gasteiger partial charge in [0.2, 0.25) is 11.7 Å². The number of carbonyl (C=O) groups excluding carboxylic acids is 1. The summed E-state index contributed by atoms with van der Waals surface area (Å²) in [6, 6.07) is 9.99. The standard InChI is InChI=1S/C16H14ClN3O3/c1-9-3-8-13(22-9)15(21)18-10(2)16-19-14(20-23-16)11-4-6-12(17)7-5-11/h3-8,10H,1-2H3,(H,18,21)/t10-/m0/s1. The van der Waals surface area contributed by atoms with E-state index in [0.717, 1.165) is 5.56 Å². The van der Waals surface area contributed by atoms with Crippen molar-refractivity contribution in [3.8, 4) is 11.4 Å². The molecule has 2 aromatic heterocycles. The molecule has 0 spiro atoms. The summed E-state index contributed by atoms with van der Waals surface area (Å²) in [5.74, 6) is 1.33. The monoisotopic (exact) mass is 331 g/mol. The first-order chi connectivity index (χ1) is 11.0. The summed E-state index contributed by atoms with van der Waals surface area (Å²) in [5.41, 5.74) is 0.782. The molecule has 0 aliphatic carbocycles. The van der Waals surface area contributed by atoms with Gasteiger partial charge in [0.15, 0.2) is 5.76 Å². The highest BCUT2D eigenvalue weighted by Gasteiger charge is 2.19. The van der Waals surface area contributed by atoms with E-state index < -0.39 is 6.04 Å². The van der Waals surface area contributed by atoms with E-state index >= 15 is 0 Å². The molecular weight excluding hydrogens is 318 g/mol. The fourth-order valence-corrected chi connectivity index (χ4v) is 2.14. The molecule has 23 heavy (non-hydrogen) atoms. The number of hydrogen-bond acceptors (Lipinski definition) is 5. The zero-order valence-corrected chi connectivity index (χ0v) is 13.3. The van der Waals surface area contributed by atoms with E-state index in [1.54, 1.807) is 50.2 Å². The average Bonchev–Trinajstić information content (AvgIpc) is 3.17. The Morgan fingerprint density at radius 2 is 1.96 bits per heavy atom. The molecule has 7 heteroatoms. The van der Waals surface area contributed by atoms with Gasteiger partial charge in [-0.25, -0.2) is 0 Å². The summed E-state index contributed by atoms with van der Waals surface area (Å²) in [7, 11) is 0. The molecule has 118 valence electrons. The van der Waals surface area contributed by atoms with Gasteiger partial charge in [-0.2, -0.15) is 4.98 Å². The van der Waals surface area contributed by atoms with Crippen molar-refractivity contribution in [1.29, 1.82) is 0 Å². The number of rotatable bonds is 4. The third-order valence-corrected chi connectivity index (χ3v) is 3.48. The summed E-state index contributed by atoms with van der Waals surface area (Å²) in [6.45, 7) is 3.53. The average molecular weight is 332 g/mol. The fraction of sp³-hybridized carbons (Fsp3) is 0.188. The summed E-state index contributed by atoms with van der Waals surface area (Å²) >= 11 is 5.85. The third kappa shape index (κ3) is 3.43. The Balaban J connectivity index is 1.72. The highest BCUT2D eigenvalue weighted by molar-refractivity contribution is 6.30. The first-order valence-electron chi connectivity index (χ1n) is 7.00. The fourth-order valence-electron chi connectivity index (χ4n) is 2.01. The lowest BCUT2D eigenvalue weighted by atomic mass is 10.2. The molecule has 0 aliphatic rings. The van der Waals surface area contributed by atoms with Crippen LogP contribution >= 0.6 is 11.6 Å². The molecule has 3 rings (SSSR count). The second-order valence-electron chi connectivity index (χ2n) is 5.07. The van der Waals surface area contributed by atoms with E-state index in [0.29, 0.717) is 22.5 Å². The van der Waals surface area contributed by atoms with E-state index in [4.69, 9.17) is 20.5 Å². The van der Waals surface area contributed by atoms with Crippen molar-refractivity contribution in [2.45, 2.75) is 19.9 Å². The minimum absolute atomic E-state index is 0.242. The number of carbonyl (C=O) groups is 1. The molecule has 0 saturated carbocycles. The van der Waals surface area contributed by atoms with Gasteiger partial charge in [-0.05, 0) is 50.2 Å². The van der Waals surface area contributed by atoms with Crippen LogP contribution in [-0.2, 0) is 0 Å². The topological polar surface area (TPSA) is 81.2 Å². The van der Waals surface area contributed by atoms with E-state index in [1.165, 1.54) is 0 Å². The van der Waals surface area contributed by atoms with Gasteiger partial charge in [-0.15, -0.1) is 0 Å². The van der Waals surface area contributed by atoms with Gasteiger partial charge in [-0.3, -0.25) is 4.79 Å². The van der Waals surface area contributed by atoms with Gasteiger partial charge in [-0.1, -0.05) is 16.8 Å². The van der Waals surface area contributed by atoms with Crippen molar-refractivity contribution in [2.24, 2.45) is 0 Å². The van der Waals surface area contributed by atoms with Crippen molar-refractivity contribution in [2.75, 3.05) is 0 Å². The smallest absolute Gasteiger partial charge is 0.287 e. The lowest BCUT2D eigenvalue weighted by Crippen LogP contribution is -2.26. The van der Waals surface area contributed by atoms with Crippen LogP contribution in [0.1, 0.15) is 35.2 Å². The number of nitrogens with one attached hydrogen (secondary N) is 1. The molecule has 1 N–H and O–H groups in total. The van der Waals surface area contributed by atoms with Gasteiger partial charge < -0.3 is 14.3 Å². The molecule has 3 aromatic rings. The number of furan rings is 1. The van der Waals surface area contributed by atoms with Crippen LogP contribution in [0.2, 0.25) is 5.02 Å². The maximum atomic E-state index is 12.0. The van der Waals surface area contributed by atoms with Crippen molar-refractivity contribution in [1.82, 2.24) is 15.5 Å². The second kappa shape index (κ2) is 6.26. The van der Waals surface area contributed by atoms with Crippen LogP contribution < -0.4 is 5.32 Å². The van der Waals surface area contributed by atoms with E-state index in [-0.39, 0.29) is 11.7 Å². The Bertz CT molecular complexity index is 823. The number of halogens is 1. The van der Waals surface area contributed by atoms with Crippen LogP contribution in [0.3, 0.4) is 0 Å². The second-order valence-corrected chi connectivity index (χ2v) is 5.50. The van der Waals surface area contributed by atoms with E-state index in [1.807, 2.05) is 0 Å². The Kier molecular flexibility index (Phi) is 4.16. The highest BCUT2D eigenvalue weighted by atomic mass is 35.5. The van der Waals surface area contributed by atoms with Crippen molar-refractivity contribution in [3.63, 3.8) is 0 Å². The minimum Gasteiger partial charge on any atom is -0.456 e. The van der Waals surface area contributed by atoms with E-state index in [9.17, 15) is 4.79 Å². The highest BCUT2D eigenvalue weighted by Crippen LogP contribution is 2.21. The number of amides is 1. The Labute approximate surface area is 137 Å². The van der Waals surface area contributed by atoms with Gasteiger partial charge >= 0.3 is 0 Å².